The Morgan fingerprint density at radius 2 is 2.06 bits per heavy atom. The molecule has 0 aromatic carbocycles. The van der Waals surface area contributed by atoms with Gasteiger partial charge < -0.3 is 10.5 Å². The van der Waals surface area contributed by atoms with Crippen LogP contribution >= 0.6 is 0 Å². The first-order valence-corrected chi connectivity index (χ1v) is 7.32. The molecule has 0 amide bonds. The Morgan fingerprint density at radius 3 is 2.67 bits per heavy atom. The van der Waals surface area contributed by atoms with Gasteiger partial charge in [0.1, 0.15) is 6.10 Å². The lowest BCUT2D eigenvalue weighted by molar-refractivity contribution is -0.151. The number of carbonyl (C=O) groups is 1. The highest BCUT2D eigenvalue weighted by molar-refractivity contribution is 5.69. The maximum absolute atomic E-state index is 11.8. The van der Waals surface area contributed by atoms with Crippen LogP contribution in [0.1, 0.15) is 65.7 Å². The largest absolute Gasteiger partial charge is 0.462 e. The van der Waals surface area contributed by atoms with Crippen LogP contribution in [0.25, 0.3) is 0 Å². The first kappa shape index (κ1) is 15.5. The SMILES string of the molecule is CC1CCCC(OC(=O)CCC(C)(C)CCN)C1. The fourth-order valence-electron chi connectivity index (χ4n) is 2.69. The van der Waals surface area contributed by atoms with Gasteiger partial charge in [-0.2, -0.15) is 0 Å². The van der Waals surface area contributed by atoms with Crippen molar-refractivity contribution < 1.29 is 9.53 Å². The number of rotatable bonds is 6. The van der Waals surface area contributed by atoms with Crippen molar-refractivity contribution in [3.05, 3.63) is 0 Å². The highest BCUT2D eigenvalue weighted by Crippen LogP contribution is 2.28. The van der Waals surface area contributed by atoms with Gasteiger partial charge in [-0.25, -0.2) is 0 Å². The molecule has 1 saturated carbocycles. The van der Waals surface area contributed by atoms with Gasteiger partial charge in [0.2, 0.25) is 0 Å². The summed E-state index contributed by atoms with van der Waals surface area (Å²) < 4.78 is 5.57. The average molecular weight is 255 g/mol. The Morgan fingerprint density at radius 1 is 1.33 bits per heavy atom. The summed E-state index contributed by atoms with van der Waals surface area (Å²) in [5.41, 5.74) is 5.72. The predicted octanol–water partition coefficient (Wildman–Crippen LogP) is 3.26. The van der Waals surface area contributed by atoms with Gasteiger partial charge >= 0.3 is 5.97 Å². The molecule has 0 spiro atoms. The summed E-state index contributed by atoms with van der Waals surface area (Å²) in [6.45, 7) is 7.25. The zero-order valence-electron chi connectivity index (χ0n) is 12.2. The van der Waals surface area contributed by atoms with E-state index in [9.17, 15) is 4.79 Å². The summed E-state index contributed by atoms with van der Waals surface area (Å²) >= 11 is 0. The first-order chi connectivity index (χ1) is 8.43. The molecule has 0 radical (unpaired) electrons. The number of carbonyl (C=O) groups excluding carboxylic acids is 1. The summed E-state index contributed by atoms with van der Waals surface area (Å²) in [4.78, 5) is 11.8. The minimum Gasteiger partial charge on any atom is -0.462 e. The first-order valence-electron chi connectivity index (χ1n) is 7.32. The van der Waals surface area contributed by atoms with Crippen molar-refractivity contribution in [1.29, 1.82) is 0 Å². The van der Waals surface area contributed by atoms with Crippen LogP contribution in [0.2, 0.25) is 0 Å². The van der Waals surface area contributed by atoms with Crippen molar-refractivity contribution >= 4 is 5.97 Å². The van der Waals surface area contributed by atoms with Crippen molar-refractivity contribution in [2.45, 2.75) is 71.8 Å². The van der Waals surface area contributed by atoms with Crippen LogP contribution in [0.4, 0.5) is 0 Å². The summed E-state index contributed by atoms with van der Waals surface area (Å²) in [7, 11) is 0. The Bertz CT molecular complexity index is 263. The number of hydrogen-bond acceptors (Lipinski definition) is 3. The summed E-state index contributed by atoms with van der Waals surface area (Å²) in [5.74, 6) is 0.671. The summed E-state index contributed by atoms with van der Waals surface area (Å²) in [6.07, 6.45) is 7.07. The average Bonchev–Trinajstić information content (AvgIpc) is 2.26. The fraction of sp³-hybridized carbons (Fsp3) is 0.933. The lowest BCUT2D eigenvalue weighted by atomic mass is 9.84. The van der Waals surface area contributed by atoms with E-state index in [1.54, 1.807) is 0 Å². The van der Waals surface area contributed by atoms with E-state index in [1.807, 2.05) is 0 Å². The molecule has 1 aliphatic rings. The third-order valence-corrected chi connectivity index (χ3v) is 4.01. The smallest absolute Gasteiger partial charge is 0.306 e. The molecule has 0 heterocycles. The van der Waals surface area contributed by atoms with Gasteiger partial charge in [-0.15, -0.1) is 0 Å². The zero-order valence-corrected chi connectivity index (χ0v) is 12.2. The van der Waals surface area contributed by atoms with Gasteiger partial charge in [-0.1, -0.05) is 27.2 Å². The highest BCUT2D eigenvalue weighted by atomic mass is 16.5. The second-order valence-corrected chi connectivity index (χ2v) is 6.59. The fourth-order valence-corrected chi connectivity index (χ4v) is 2.69. The number of nitrogens with two attached hydrogens (primary N) is 1. The van der Waals surface area contributed by atoms with E-state index in [4.69, 9.17) is 10.5 Å². The van der Waals surface area contributed by atoms with Gasteiger partial charge in [0.05, 0.1) is 0 Å². The van der Waals surface area contributed by atoms with Crippen molar-refractivity contribution in [2.24, 2.45) is 17.1 Å². The molecule has 3 heteroatoms. The van der Waals surface area contributed by atoms with Crippen LogP contribution < -0.4 is 5.73 Å². The maximum atomic E-state index is 11.8. The van der Waals surface area contributed by atoms with Gasteiger partial charge in [-0.05, 0) is 50.0 Å². The molecule has 1 rings (SSSR count). The Kier molecular flexibility index (Phi) is 6.13. The topological polar surface area (TPSA) is 52.3 Å². The monoisotopic (exact) mass is 255 g/mol. The predicted molar refractivity (Wildman–Crippen MR) is 74.2 cm³/mol. The standard InChI is InChI=1S/C15H29NO2/c1-12-5-4-6-13(11-12)18-14(17)7-8-15(2,3)9-10-16/h12-13H,4-11,16H2,1-3H3. The molecule has 1 fully saturated rings. The van der Waals surface area contributed by atoms with E-state index in [1.165, 1.54) is 12.8 Å². The van der Waals surface area contributed by atoms with E-state index in [2.05, 4.69) is 20.8 Å². The quantitative estimate of drug-likeness (QED) is 0.741. The molecule has 106 valence electrons. The minimum absolute atomic E-state index is 0.0285. The molecule has 2 unspecified atom stereocenters. The van der Waals surface area contributed by atoms with E-state index < -0.39 is 0 Å². The number of hydrogen-bond donors (Lipinski definition) is 1. The highest BCUT2D eigenvalue weighted by Gasteiger charge is 2.24. The van der Waals surface area contributed by atoms with Crippen LogP contribution in [-0.4, -0.2) is 18.6 Å². The van der Waals surface area contributed by atoms with Crippen LogP contribution in [0.15, 0.2) is 0 Å². The molecule has 2 N–H and O–H groups in total. The minimum atomic E-state index is -0.0285. The second kappa shape index (κ2) is 7.13. The third kappa shape index (κ3) is 5.85. The Labute approximate surface area is 111 Å². The second-order valence-electron chi connectivity index (χ2n) is 6.59. The molecule has 2 atom stereocenters. The zero-order chi connectivity index (χ0) is 13.6. The molecule has 3 nitrogen and oxygen atoms in total. The maximum Gasteiger partial charge on any atom is 0.306 e. The van der Waals surface area contributed by atoms with Gasteiger partial charge in [0.25, 0.3) is 0 Å². The molecule has 0 aromatic heterocycles. The normalized spacial score (nSPS) is 24.9. The van der Waals surface area contributed by atoms with Crippen LogP contribution in [0.5, 0.6) is 0 Å². The lowest BCUT2D eigenvalue weighted by Crippen LogP contribution is -2.25. The van der Waals surface area contributed by atoms with Crippen molar-refractivity contribution in [2.75, 3.05) is 6.54 Å². The van der Waals surface area contributed by atoms with Crippen LogP contribution in [0.3, 0.4) is 0 Å². The van der Waals surface area contributed by atoms with E-state index >= 15 is 0 Å². The summed E-state index contributed by atoms with van der Waals surface area (Å²) in [6, 6.07) is 0. The lowest BCUT2D eigenvalue weighted by Gasteiger charge is -2.27. The van der Waals surface area contributed by atoms with E-state index in [0.29, 0.717) is 18.9 Å². The van der Waals surface area contributed by atoms with Crippen molar-refractivity contribution in [3.8, 4) is 0 Å². The third-order valence-electron chi connectivity index (χ3n) is 4.01. The van der Waals surface area contributed by atoms with Gasteiger partial charge in [0, 0.05) is 6.42 Å². The Balaban J connectivity index is 2.24. The van der Waals surface area contributed by atoms with Crippen molar-refractivity contribution in [1.82, 2.24) is 0 Å². The van der Waals surface area contributed by atoms with E-state index in [0.717, 1.165) is 25.7 Å². The number of ether oxygens (including phenoxy) is 1. The summed E-state index contributed by atoms with van der Waals surface area (Å²) in [5, 5.41) is 0. The van der Waals surface area contributed by atoms with Gasteiger partial charge in [-0.3, -0.25) is 4.79 Å². The van der Waals surface area contributed by atoms with Crippen molar-refractivity contribution in [3.63, 3.8) is 0 Å². The number of esters is 1. The van der Waals surface area contributed by atoms with Crippen LogP contribution in [-0.2, 0) is 9.53 Å². The molecule has 0 saturated heterocycles. The van der Waals surface area contributed by atoms with E-state index in [-0.39, 0.29) is 17.5 Å². The van der Waals surface area contributed by atoms with Crippen LogP contribution in [0, 0.1) is 11.3 Å². The molecule has 0 aliphatic heterocycles. The molecule has 0 bridgehead atoms. The molecule has 1 aliphatic carbocycles. The molecular weight excluding hydrogens is 226 g/mol. The Hall–Kier alpha value is -0.570. The van der Waals surface area contributed by atoms with Gasteiger partial charge in [0.15, 0.2) is 0 Å². The molecule has 18 heavy (non-hydrogen) atoms. The molecular formula is C15H29NO2. The molecule has 0 aromatic rings.